The SMILES string of the molecule is C[C@@H](N)C(=O)NCc1ccc(OCCOc2ccc(Cl)cc2)cc1. The highest BCUT2D eigenvalue weighted by Crippen LogP contribution is 2.16. The Morgan fingerprint density at radius 1 is 1.04 bits per heavy atom. The Morgan fingerprint density at radius 3 is 2.04 bits per heavy atom. The summed E-state index contributed by atoms with van der Waals surface area (Å²) in [5.74, 6) is 1.33. The molecule has 2 aromatic carbocycles. The van der Waals surface area contributed by atoms with Gasteiger partial charge in [0.15, 0.2) is 0 Å². The van der Waals surface area contributed by atoms with Crippen molar-refractivity contribution in [2.75, 3.05) is 13.2 Å². The number of carbonyl (C=O) groups excluding carboxylic acids is 1. The second kappa shape index (κ2) is 9.15. The van der Waals surface area contributed by atoms with Crippen LogP contribution >= 0.6 is 11.6 Å². The molecule has 0 unspecified atom stereocenters. The number of halogens is 1. The molecule has 0 aromatic heterocycles. The van der Waals surface area contributed by atoms with Crippen molar-refractivity contribution in [3.05, 3.63) is 59.1 Å². The van der Waals surface area contributed by atoms with Crippen molar-refractivity contribution in [1.82, 2.24) is 5.32 Å². The number of hydrogen-bond acceptors (Lipinski definition) is 4. The van der Waals surface area contributed by atoms with Gasteiger partial charge in [0.05, 0.1) is 6.04 Å². The van der Waals surface area contributed by atoms with Crippen LogP contribution in [0.3, 0.4) is 0 Å². The Balaban J connectivity index is 1.69. The first-order chi connectivity index (χ1) is 11.5. The molecule has 0 saturated heterocycles. The van der Waals surface area contributed by atoms with E-state index in [0.29, 0.717) is 24.8 Å². The fourth-order valence-electron chi connectivity index (χ4n) is 1.90. The van der Waals surface area contributed by atoms with Gasteiger partial charge in [-0.15, -0.1) is 0 Å². The number of amides is 1. The molecule has 24 heavy (non-hydrogen) atoms. The van der Waals surface area contributed by atoms with Crippen molar-refractivity contribution >= 4 is 17.5 Å². The Bertz CT molecular complexity index is 642. The molecule has 0 saturated carbocycles. The average Bonchev–Trinajstić information content (AvgIpc) is 2.59. The van der Waals surface area contributed by atoms with Crippen molar-refractivity contribution in [2.24, 2.45) is 5.73 Å². The molecule has 0 heterocycles. The summed E-state index contributed by atoms with van der Waals surface area (Å²) < 4.78 is 11.2. The van der Waals surface area contributed by atoms with Gasteiger partial charge in [-0.05, 0) is 48.9 Å². The summed E-state index contributed by atoms with van der Waals surface area (Å²) in [7, 11) is 0. The Hall–Kier alpha value is -2.24. The molecule has 2 aromatic rings. The number of carbonyl (C=O) groups is 1. The summed E-state index contributed by atoms with van der Waals surface area (Å²) in [5.41, 5.74) is 6.47. The van der Waals surface area contributed by atoms with E-state index in [-0.39, 0.29) is 5.91 Å². The summed E-state index contributed by atoms with van der Waals surface area (Å²) in [6.45, 7) is 2.97. The van der Waals surface area contributed by atoms with Gasteiger partial charge in [0, 0.05) is 11.6 Å². The predicted octanol–water partition coefficient (Wildman–Crippen LogP) is 2.76. The Kier molecular flexibility index (Phi) is 6.90. The van der Waals surface area contributed by atoms with Gasteiger partial charge in [-0.2, -0.15) is 0 Å². The average molecular weight is 349 g/mol. The van der Waals surface area contributed by atoms with Gasteiger partial charge < -0.3 is 20.5 Å². The molecule has 0 bridgehead atoms. The van der Waals surface area contributed by atoms with E-state index >= 15 is 0 Å². The maximum atomic E-state index is 11.4. The van der Waals surface area contributed by atoms with Gasteiger partial charge in [0.1, 0.15) is 24.7 Å². The largest absolute Gasteiger partial charge is 0.490 e. The van der Waals surface area contributed by atoms with E-state index in [1.807, 2.05) is 36.4 Å². The van der Waals surface area contributed by atoms with E-state index in [2.05, 4.69) is 5.32 Å². The van der Waals surface area contributed by atoms with Crippen LogP contribution in [0, 0.1) is 0 Å². The molecule has 0 aliphatic heterocycles. The molecule has 0 aliphatic carbocycles. The third-order valence-electron chi connectivity index (χ3n) is 3.24. The molecule has 128 valence electrons. The van der Waals surface area contributed by atoms with Crippen molar-refractivity contribution in [3.63, 3.8) is 0 Å². The number of rotatable bonds is 8. The van der Waals surface area contributed by atoms with Crippen molar-refractivity contribution in [1.29, 1.82) is 0 Å². The molecule has 6 heteroatoms. The van der Waals surface area contributed by atoms with E-state index in [1.165, 1.54) is 0 Å². The van der Waals surface area contributed by atoms with Crippen molar-refractivity contribution < 1.29 is 14.3 Å². The van der Waals surface area contributed by atoms with Gasteiger partial charge >= 0.3 is 0 Å². The third-order valence-corrected chi connectivity index (χ3v) is 3.49. The molecule has 0 aliphatic rings. The first-order valence-electron chi connectivity index (χ1n) is 7.68. The van der Waals surface area contributed by atoms with Gasteiger partial charge in [0.2, 0.25) is 5.91 Å². The van der Waals surface area contributed by atoms with Gasteiger partial charge in [-0.25, -0.2) is 0 Å². The van der Waals surface area contributed by atoms with Crippen LogP contribution < -0.4 is 20.5 Å². The molecule has 1 amide bonds. The molecule has 2 rings (SSSR count). The van der Waals surface area contributed by atoms with Crippen LogP contribution in [-0.2, 0) is 11.3 Å². The van der Waals surface area contributed by atoms with Crippen LogP contribution in [0.15, 0.2) is 48.5 Å². The highest BCUT2D eigenvalue weighted by Gasteiger charge is 2.06. The van der Waals surface area contributed by atoms with Crippen LogP contribution in [-0.4, -0.2) is 25.2 Å². The fourth-order valence-corrected chi connectivity index (χ4v) is 2.03. The monoisotopic (exact) mass is 348 g/mol. The first kappa shape index (κ1) is 18.1. The lowest BCUT2D eigenvalue weighted by atomic mass is 10.2. The highest BCUT2D eigenvalue weighted by atomic mass is 35.5. The predicted molar refractivity (Wildman–Crippen MR) is 94.4 cm³/mol. The minimum atomic E-state index is -0.506. The van der Waals surface area contributed by atoms with Crippen LogP contribution in [0.2, 0.25) is 5.02 Å². The van der Waals surface area contributed by atoms with Crippen molar-refractivity contribution in [3.8, 4) is 11.5 Å². The number of nitrogens with one attached hydrogen (secondary N) is 1. The molecule has 3 N–H and O–H groups in total. The molecule has 0 fully saturated rings. The number of hydrogen-bond donors (Lipinski definition) is 2. The van der Waals surface area contributed by atoms with Crippen LogP contribution in [0.5, 0.6) is 11.5 Å². The lowest BCUT2D eigenvalue weighted by Crippen LogP contribution is -2.37. The van der Waals surface area contributed by atoms with Crippen LogP contribution in [0.1, 0.15) is 12.5 Å². The van der Waals surface area contributed by atoms with Gasteiger partial charge in [-0.1, -0.05) is 23.7 Å². The maximum absolute atomic E-state index is 11.4. The summed E-state index contributed by atoms with van der Waals surface area (Å²) in [4.78, 5) is 11.4. The topological polar surface area (TPSA) is 73.6 Å². The second-order valence-electron chi connectivity index (χ2n) is 5.30. The lowest BCUT2D eigenvalue weighted by molar-refractivity contribution is -0.122. The normalized spacial score (nSPS) is 11.6. The van der Waals surface area contributed by atoms with Gasteiger partial charge in [-0.3, -0.25) is 4.79 Å². The first-order valence-corrected chi connectivity index (χ1v) is 8.06. The number of ether oxygens (including phenoxy) is 2. The standard InChI is InChI=1S/C18H21ClN2O3/c1-13(20)18(22)21-12-14-2-6-16(7-3-14)23-10-11-24-17-8-4-15(19)5-9-17/h2-9,13H,10-12,20H2,1H3,(H,21,22)/t13-/m1/s1. The summed E-state index contributed by atoms with van der Waals surface area (Å²) in [6.07, 6.45) is 0. The fraction of sp³-hybridized carbons (Fsp3) is 0.278. The molecule has 1 atom stereocenters. The number of nitrogens with two attached hydrogens (primary N) is 1. The van der Waals surface area contributed by atoms with E-state index in [9.17, 15) is 4.79 Å². The van der Waals surface area contributed by atoms with E-state index < -0.39 is 6.04 Å². The summed E-state index contributed by atoms with van der Waals surface area (Å²) >= 11 is 5.81. The minimum Gasteiger partial charge on any atom is -0.490 e. The zero-order valence-electron chi connectivity index (χ0n) is 13.5. The summed E-state index contributed by atoms with van der Waals surface area (Å²) in [6, 6.07) is 14.2. The van der Waals surface area contributed by atoms with E-state index in [0.717, 1.165) is 17.1 Å². The zero-order chi connectivity index (χ0) is 17.4. The highest BCUT2D eigenvalue weighted by molar-refractivity contribution is 6.30. The molecule has 0 spiro atoms. The molecular weight excluding hydrogens is 328 g/mol. The van der Waals surface area contributed by atoms with E-state index in [1.54, 1.807) is 19.1 Å². The Labute approximate surface area is 146 Å². The van der Waals surface area contributed by atoms with Crippen molar-refractivity contribution in [2.45, 2.75) is 19.5 Å². The number of benzene rings is 2. The lowest BCUT2D eigenvalue weighted by Gasteiger charge is -2.10. The molecule has 0 radical (unpaired) electrons. The van der Waals surface area contributed by atoms with Gasteiger partial charge in [0.25, 0.3) is 0 Å². The van der Waals surface area contributed by atoms with Crippen LogP contribution in [0.4, 0.5) is 0 Å². The van der Waals surface area contributed by atoms with E-state index in [4.69, 9.17) is 26.8 Å². The molecular formula is C18H21ClN2O3. The smallest absolute Gasteiger partial charge is 0.236 e. The zero-order valence-corrected chi connectivity index (χ0v) is 14.3. The molecule has 5 nitrogen and oxygen atoms in total. The second-order valence-corrected chi connectivity index (χ2v) is 5.74. The maximum Gasteiger partial charge on any atom is 0.236 e. The Morgan fingerprint density at radius 2 is 1.54 bits per heavy atom. The summed E-state index contributed by atoms with van der Waals surface area (Å²) in [5, 5.41) is 3.43. The third kappa shape index (κ3) is 6.10. The quantitative estimate of drug-likeness (QED) is 0.719. The minimum absolute atomic E-state index is 0.172. The van der Waals surface area contributed by atoms with Crippen LogP contribution in [0.25, 0.3) is 0 Å².